The molecule has 1 aliphatic heterocycles. The summed E-state index contributed by atoms with van der Waals surface area (Å²) in [6.07, 6.45) is -0.937. The molecule has 1 aliphatic rings. The van der Waals surface area contributed by atoms with E-state index in [-0.39, 0.29) is 32.0 Å². The molecule has 0 aliphatic carbocycles. The number of β-amino-alcohol motifs (C(OH)–C–C–N with tert-alkyl or cyclic N) is 2. The number of nitrogens with zero attached hydrogens (tertiary/aromatic N) is 1. The van der Waals surface area contributed by atoms with Crippen molar-refractivity contribution >= 4 is 5.91 Å². The highest BCUT2D eigenvalue weighted by Gasteiger charge is 2.31. The van der Waals surface area contributed by atoms with Gasteiger partial charge in [-0.05, 0) is 6.42 Å². The molecule has 13 heavy (non-hydrogen) atoms. The Morgan fingerprint density at radius 3 is 2.31 bits per heavy atom. The Hall–Kier alpha value is -0.650. The van der Waals surface area contributed by atoms with Crippen LogP contribution in [0, 0.1) is 0 Å². The summed E-state index contributed by atoms with van der Waals surface area (Å²) in [7, 11) is 0. The van der Waals surface area contributed by atoms with E-state index in [1.807, 2.05) is 0 Å². The van der Waals surface area contributed by atoms with Gasteiger partial charge in [0.1, 0.15) is 0 Å². The van der Waals surface area contributed by atoms with Crippen LogP contribution < -0.4 is 0 Å². The second-order valence-corrected chi connectivity index (χ2v) is 3.26. The summed E-state index contributed by atoms with van der Waals surface area (Å²) in [6.45, 7) is 0.390. The molecular weight excluding hydrogens is 174 g/mol. The molecule has 1 rings (SSSR count). The zero-order chi connectivity index (χ0) is 9.84. The normalized spacial score (nSPS) is 28.1. The van der Waals surface area contributed by atoms with Crippen LogP contribution in [0.5, 0.6) is 0 Å². The molecule has 1 heterocycles. The number of hydrogen-bond acceptors (Lipinski definition) is 4. The highest BCUT2D eigenvalue weighted by molar-refractivity contribution is 5.76. The van der Waals surface area contributed by atoms with Crippen molar-refractivity contribution < 1.29 is 20.1 Å². The van der Waals surface area contributed by atoms with E-state index < -0.39 is 12.2 Å². The van der Waals surface area contributed by atoms with E-state index in [1.165, 1.54) is 4.90 Å². The third-order valence-electron chi connectivity index (χ3n) is 2.16. The first-order valence-corrected chi connectivity index (χ1v) is 4.40. The summed E-state index contributed by atoms with van der Waals surface area (Å²) in [5.41, 5.74) is 0. The molecule has 0 radical (unpaired) electrons. The van der Waals surface area contributed by atoms with Crippen LogP contribution in [0.2, 0.25) is 0 Å². The Morgan fingerprint density at radius 1 is 1.31 bits per heavy atom. The van der Waals surface area contributed by atoms with Crippen LogP contribution in [-0.2, 0) is 4.79 Å². The van der Waals surface area contributed by atoms with Gasteiger partial charge in [-0.3, -0.25) is 4.79 Å². The number of hydrogen-bond donors (Lipinski definition) is 3. The molecule has 1 fully saturated rings. The molecule has 1 amide bonds. The molecule has 0 aromatic heterocycles. The van der Waals surface area contributed by atoms with E-state index in [0.29, 0.717) is 6.42 Å². The Balaban J connectivity index is 2.33. The van der Waals surface area contributed by atoms with Crippen molar-refractivity contribution in [1.29, 1.82) is 0 Å². The lowest BCUT2D eigenvalue weighted by molar-refractivity contribution is -0.131. The fourth-order valence-electron chi connectivity index (χ4n) is 1.36. The van der Waals surface area contributed by atoms with Gasteiger partial charge in [-0.2, -0.15) is 0 Å². The summed E-state index contributed by atoms with van der Waals surface area (Å²) in [5, 5.41) is 26.8. The van der Waals surface area contributed by atoms with Crippen LogP contribution in [0.4, 0.5) is 0 Å². The molecule has 5 heteroatoms. The topological polar surface area (TPSA) is 81.0 Å². The molecule has 76 valence electrons. The highest BCUT2D eigenvalue weighted by Crippen LogP contribution is 2.11. The minimum Gasteiger partial charge on any atom is -0.396 e. The highest BCUT2D eigenvalue weighted by atomic mass is 16.3. The van der Waals surface area contributed by atoms with Gasteiger partial charge < -0.3 is 20.2 Å². The van der Waals surface area contributed by atoms with Crippen molar-refractivity contribution in [2.45, 2.75) is 25.0 Å². The van der Waals surface area contributed by atoms with Gasteiger partial charge in [-0.15, -0.1) is 0 Å². The minimum atomic E-state index is -0.821. The van der Waals surface area contributed by atoms with Crippen LogP contribution >= 0.6 is 0 Å². The quantitative estimate of drug-likeness (QED) is 0.495. The van der Waals surface area contributed by atoms with Gasteiger partial charge in [-0.25, -0.2) is 0 Å². The molecule has 3 N–H and O–H groups in total. The van der Waals surface area contributed by atoms with Crippen molar-refractivity contribution in [3.05, 3.63) is 0 Å². The Morgan fingerprint density at radius 2 is 1.85 bits per heavy atom. The maximum absolute atomic E-state index is 11.3. The summed E-state index contributed by atoms with van der Waals surface area (Å²) >= 11 is 0. The fraction of sp³-hybridized carbons (Fsp3) is 0.875. The van der Waals surface area contributed by atoms with Crippen LogP contribution in [0.3, 0.4) is 0 Å². The predicted octanol–water partition coefficient (Wildman–Crippen LogP) is -1.68. The number of amides is 1. The standard InChI is InChI=1S/C8H15NO4/c10-3-1-2-8(13)9-4-6(11)7(12)5-9/h6-7,10-12H,1-5H2. The van der Waals surface area contributed by atoms with Gasteiger partial charge in [0.05, 0.1) is 12.2 Å². The largest absolute Gasteiger partial charge is 0.396 e. The monoisotopic (exact) mass is 189 g/mol. The molecule has 5 nitrogen and oxygen atoms in total. The van der Waals surface area contributed by atoms with Gasteiger partial charge in [0.15, 0.2) is 0 Å². The van der Waals surface area contributed by atoms with Crippen molar-refractivity contribution in [3.63, 3.8) is 0 Å². The maximum atomic E-state index is 11.3. The number of carbonyl (C=O) groups is 1. The molecule has 0 bridgehead atoms. The second-order valence-electron chi connectivity index (χ2n) is 3.26. The van der Waals surface area contributed by atoms with Gasteiger partial charge in [-0.1, -0.05) is 0 Å². The number of rotatable bonds is 3. The first kappa shape index (κ1) is 10.4. The summed E-state index contributed by atoms with van der Waals surface area (Å²) in [6, 6.07) is 0. The number of aliphatic hydroxyl groups is 3. The van der Waals surface area contributed by atoms with E-state index in [4.69, 9.17) is 15.3 Å². The second kappa shape index (κ2) is 4.55. The zero-order valence-corrected chi connectivity index (χ0v) is 7.39. The molecule has 0 aromatic carbocycles. The van der Waals surface area contributed by atoms with E-state index in [0.717, 1.165) is 0 Å². The van der Waals surface area contributed by atoms with Crippen molar-refractivity contribution in [2.75, 3.05) is 19.7 Å². The summed E-state index contributed by atoms with van der Waals surface area (Å²) in [4.78, 5) is 12.7. The third-order valence-corrected chi connectivity index (χ3v) is 2.16. The molecule has 0 spiro atoms. The lowest BCUT2D eigenvalue weighted by atomic mass is 10.3. The molecule has 1 saturated heterocycles. The zero-order valence-electron chi connectivity index (χ0n) is 7.39. The first-order valence-electron chi connectivity index (χ1n) is 4.40. The van der Waals surface area contributed by atoms with Gasteiger partial charge in [0, 0.05) is 26.1 Å². The maximum Gasteiger partial charge on any atom is 0.222 e. The van der Waals surface area contributed by atoms with Crippen LogP contribution in [0.25, 0.3) is 0 Å². The van der Waals surface area contributed by atoms with E-state index in [2.05, 4.69) is 0 Å². The lowest BCUT2D eigenvalue weighted by Crippen LogP contribution is -2.29. The first-order chi connectivity index (χ1) is 6.15. The van der Waals surface area contributed by atoms with Crippen molar-refractivity contribution in [2.24, 2.45) is 0 Å². The molecule has 2 atom stereocenters. The van der Waals surface area contributed by atoms with Crippen molar-refractivity contribution in [3.8, 4) is 0 Å². The van der Waals surface area contributed by atoms with Crippen LogP contribution in [0.15, 0.2) is 0 Å². The number of likely N-dealkylation sites (tertiary alicyclic amines) is 1. The SMILES string of the molecule is O=C(CCCO)N1CC(O)C(O)C1. The summed E-state index contributed by atoms with van der Waals surface area (Å²) < 4.78 is 0. The number of aliphatic hydroxyl groups excluding tert-OH is 3. The number of carbonyl (C=O) groups excluding carboxylic acids is 1. The van der Waals surface area contributed by atoms with Crippen LogP contribution in [-0.4, -0.2) is 58.0 Å². The van der Waals surface area contributed by atoms with Crippen LogP contribution in [0.1, 0.15) is 12.8 Å². The Kier molecular flexibility index (Phi) is 3.65. The average Bonchev–Trinajstić information content (AvgIpc) is 2.43. The molecule has 2 unspecified atom stereocenters. The van der Waals surface area contributed by atoms with E-state index in [1.54, 1.807) is 0 Å². The van der Waals surface area contributed by atoms with Gasteiger partial charge in [0.25, 0.3) is 0 Å². The average molecular weight is 189 g/mol. The fourth-order valence-corrected chi connectivity index (χ4v) is 1.36. The molecule has 0 aromatic rings. The van der Waals surface area contributed by atoms with Crippen molar-refractivity contribution in [1.82, 2.24) is 4.90 Å². The molecular formula is C8H15NO4. The minimum absolute atomic E-state index is 0.00924. The smallest absolute Gasteiger partial charge is 0.222 e. The summed E-state index contributed by atoms with van der Waals surface area (Å²) in [5.74, 6) is -0.121. The molecule has 0 saturated carbocycles. The van der Waals surface area contributed by atoms with E-state index >= 15 is 0 Å². The Bertz CT molecular complexity index is 175. The Labute approximate surface area is 76.6 Å². The lowest BCUT2D eigenvalue weighted by Gasteiger charge is -2.14. The van der Waals surface area contributed by atoms with Gasteiger partial charge >= 0.3 is 0 Å². The third kappa shape index (κ3) is 2.65. The predicted molar refractivity (Wildman–Crippen MR) is 44.9 cm³/mol. The van der Waals surface area contributed by atoms with Gasteiger partial charge in [0.2, 0.25) is 5.91 Å². The van der Waals surface area contributed by atoms with E-state index in [9.17, 15) is 4.79 Å².